The summed E-state index contributed by atoms with van der Waals surface area (Å²) in [5, 5.41) is 13.6. The number of aliphatic hydroxyl groups is 1. The lowest BCUT2D eigenvalue weighted by molar-refractivity contribution is -0.0502. The van der Waals surface area contributed by atoms with Gasteiger partial charge in [-0.1, -0.05) is 13.8 Å². The molecule has 0 aliphatic heterocycles. The van der Waals surface area contributed by atoms with Crippen molar-refractivity contribution in [1.82, 2.24) is 10.3 Å². The maximum atomic E-state index is 12.7. The largest absolute Gasteiger partial charge is 0.434 e. The molecule has 2 aromatic rings. The van der Waals surface area contributed by atoms with Crippen LogP contribution < -0.4 is 10.1 Å². The first kappa shape index (κ1) is 23.3. The number of carbonyl (C=O) groups excluding carboxylic acids is 1. The van der Waals surface area contributed by atoms with Gasteiger partial charge < -0.3 is 19.9 Å². The van der Waals surface area contributed by atoms with Crippen LogP contribution in [0.4, 0.5) is 8.78 Å². The van der Waals surface area contributed by atoms with Crippen molar-refractivity contribution in [2.75, 3.05) is 6.61 Å². The number of aryl methyl sites for hydroxylation is 1. The van der Waals surface area contributed by atoms with Crippen molar-refractivity contribution in [3.63, 3.8) is 0 Å². The SMILES string of the molecule is Cc1cc2cc(C(=O)N[C@H]3CC[C@H](OCC(O)C(C)C)CC3)cnc2cc1OC(F)F. The Morgan fingerprint density at radius 1 is 1.23 bits per heavy atom. The van der Waals surface area contributed by atoms with Crippen LogP contribution in [-0.4, -0.2) is 47.5 Å². The van der Waals surface area contributed by atoms with Crippen LogP contribution in [0.15, 0.2) is 24.4 Å². The van der Waals surface area contributed by atoms with Crippen LogP contribution in [0.1, 0.15) is 55.5 Å². The third kappa shape index (κ3) is 6.33. The molecule has 1 aromatic heterocycles. The third-order valence-electron chi connectivity index (χ3n) is 5.74. The predicted molar refractivity (Wildman–Crippen MR) is 113 cm³/mol. The molecular formula is C23H30F2N2O4. The number of rotatable bonds is 8. The van der Waals surface area contributed by atoms with Crippen molar-refractivity contribution in [1.29, 1.82) is 0 Å². The Balaban J connectivity index is 1.56. The number of nitrogens with one attached hydrogen (secondary N) is 1. The number of fused-ring (bicyclic) bond motifs is 1. The molecule has 1 amide bonds. The summed E-state index contributed by atoms with van der Waals surface area (Å²) in [6.45, 7) is 3.02. The van der Waals surface area contributed by atoms with Crippen LogP contribution in [0.3, 0.4) is 0 Å². The topological polar surface area (TPSA) is 80.7 Å². The standard InChI is InChI=1S/C23H30F2N2O4/c1-13(2)20(28)12-30-18-6-4-17(5-7-18)27-22(29)16-9-15-8-14(3)21(31-23(24)25)10-19(15)26-11-16/h8-11,13,17-18,20,23,28H,4-7,12H2,1-3H3,(H,27,29)/t17-,18-,20?. The number of aliphatic hydroxyl groups excluding tert-OH is 1. The van der Waals surface area contributed by atoms with Gasteiger partial charge >= 0.3 is 6.61 Å². The van der Waals surface area contributed by atoms with Crippen molar-refractivity contribution in [3.05, 3.63) is 35.5 Å². The zero-order valence-electron chi connectivity index (χ0n) is 18.1. The van der Waals surface area contributed by atoms with Crippen molar-refractivity contribution < 1.29 is 28.2 Å². The van der Waals surface area contributed by atoms with E-state index in [1.54, 1.807) is 19.1 Å². The maximum absolute atomic E-state index is 12.7. The summed E-state index contributed by atoms with van der Waals surface area (Å²) in [5.41, 5.74) is 1.46. The minimum atomic E-state index is -2.90. The molecule has 1 aliphatic carbocycles. The zero-order chi connectivity index (χ0) is 22.5. The molecule has 1 atom stereocenters. The van der Waals surface area contributed by atoms with E-state index in [9.17, 15) is 18.7 Å². The molecule has 0 radical (unpaired) electrons. The number of halogens is 2. The van der Waals surface area contributed by atoms with Gasteiger partial charge in [0.15, 0.2) is 0 Å². The van der Waals surface area contributed by atoms with Gasteiger partial charge in [-0.3, -0.25) is 9.78 Å². The molecule has 31 heavy (non-hydrogen) atoms. The maximum Gasteiger partial charge on any atom is 0.387 e. The van der Waals surface area contributed by atoms with E-state index in [0.717, 1.165) is 25.7 Å². The first-order valence-corrected chi connectivity index (χ1v) is 10.7. The summed E-state index contributed by atoms with van der Waals surface area (Å²) in [6.07, 6.45) is 4.37. The fourth-order valence-electron chi connectivity index (χ4n) is 3.69. The van der Waals surface area contributed by atoms with Gasteiger partial charge in [0.1, 0.15) is 5.75 Å². The molecule has 3 rings (SSSR count). The molecule has 0 saturated heterocycles. The normalized spacial score (nSPS) is 20.3. The Morgan fingerprint density at radius 3 is 2.58 bits per heavy atom. The number of carbonyl (C=O) groups is 1. The fraction of sp³-hybridized carbons (Fsp3) is 0.565. The van der Waals surface area contributed by atoms with E-state index in [2.05, 4.69) is 15.0 Å². The fourth-order valence-corrected chi connectivity index (χ4v) is 3.69. The van der Waals surface area contributed by atoms with E-state index in [1.165, 1.54) is 12.3 Å². The Kier molecular flexibility index (Phi) is 7.78. The molecule has 1 heterocycles. The van der Waals surface area contributed by atoms with Crippen molar-refractivity contribution in [2.24, 2.45) is 5.92 Å². The monoisotopic (exact) mass is 436 g/mol. The third-order valence-corrected chi connectivity index (χ3v) is 5.74. The molecule has 170 valence electrons. The molecule has 1 aromatic carbocycles. The van der Waals surface area contributed by atoms with Crippen LogP contribution in [0.5, 0.6) is 5.75 Å². The summed E-state index contributed by atoms with van der Waals surface area (Å²) in [6, 6.07) is 4.90. The number of benzene rings is 1. The van der Waals surface area contributed by atoms with E-state index in [-0.39, 0.29) is 29.7 Å². The molecule has 1 unspecified atom stereocenters. The minimum Gasteiger partial charge on any atom is -0.434 e. The zero-order valence-corrected chi connectivity index (χ0v) is 18.1. The van der Waals surface area contributed by atoms with Gasteiger partial charge in [0.2, 0.25) is 0 Å². The molecule has 8 heteroatoms. The predicted octanol–water partition coefficient (Wildman–Crippen LogP) is 4.22. The quantitative estimate of drug-likeness (QED) is 0.648. The van der Waals surface area contributed by atoms with Gasteiger partial charge in [0.25, 0.3) is 5.91 Å². The van der Waals surface area contributed by atoms with Crippen LogP contribution in [0.2, 0.25) is 0 Å². The molecule has 1 saturated carbocycles. The molecule has 1 fully saturated rings. The Bertz CT molecular complexity index is 899. The molecule has 1 aliphatic rings. The number of aromatic nitrogens is 1. The lowest BCUT2D eigenvalue weighted by Crippen LogP contribution is -2.39. The number of alkyl halides is 2. The summed E-state index contributed by atoms with van der Waals surface area (Å²) in [4.78, 5) is 16.9. The summed E-state index contributed by atoms with van der Waals surface area (Å²) in [5.74, 6) is 0.0325. The number of pyridine rings is 1. The van der Waals surface area contributed by atoms with Crippen LogP contribution in [0.25, 0.3) is 10.9 Å². The highest BCUT2D eigenvalue weighted by Crippen LogP contribution is 2.27. The summed E-state index contributed by atoms with van der Waals surface area (Å²) < 4.78 is 35.3. The van der Waals surface area contributed by atoms with Gasteiger partial charge in [0, 0.05) is 23.7 Å². The first-order chi connectivity index (χ1) is 14.7. The number of amides is 1. The first-order valence-electron chi connectivity index (χ1n) is 10.7. The summed E-state index contributed by atoms with van der Waals surface area (Å²) >= 11 is 0. The Morgan fingerprint density at radius 2 is 1.94 bits per heavy atom. The van der Waals surface area contributed by atoms with Crippen molar-refractivity contribution >= 4 is 16.8 Å². The molecule has 2 N–H and O–H groups in total. The molecule has 6 nitrogen and oxygen atoms in total. The average molecular weight is 436 g/mol. The second kappa shape index (κ2) is 10.3. The highest BCUT2D eigenvalue weighted by atomic mass is 19.3. The van der Waals surface area contributed by atoms with Gasteiger partial charge in [-0.2, -0.15) is 8.78 Å². The van der Waals surface area contributed by atoms with Crippen molar-refractivity contribution in [3.8, 4) is 5.75 Å². The van der Waals surface area contributed by atoms with E-state index in [0.29, 0.717) is 28.6 Å². The average Bonchev–Trinajstić information content (AvgIpc) is 2.72. The van der Waals surface area contributed by atoms with Gasteiger partial charge in [-0.05, 0) is 56.2 Å². The smallest absolute Gasteiger partial charge is 0.387 e. The van der Waals surface area contributed by atoms with E-state index >= 15 is 0 Å². The van der Waals surface area contributed by atoms with E-state index in [4.69, 9.17) is 4.74 Å². The second-order valence-corrected chi connectivity index (χ2v) is 8.50. The van der Waals surface area contributed by atoms with Gasteiger partial charge in [0.05, 0.1) is 29.9 Å². The van der Waals surface area contributed by atoms with Crippen LogP contribution in [0, 0.1) is 12.8 Å². The van der Waals surface area contributed by atoms with E-state index in [1.807, 2.05) is 13.8 Å². The number of ether oxygens (including phenoxy) is 2. The minimum absolute atomic E-state index is 0.0571. The molecular weight excluding hydrogens is 406 g/mol. The van der Waals surface area contributed by atoms with Gasteiger partial charge in [-0.15, -0.1) is 0 Å². The Labute approximate surface area is 180 Å². The van der Waals surface area contributed by atoms with Gasteiger partial charge in [-0.25, -0.2) is 0 Å². The second-order valence-electron chi connectivity index (χ2n) is 8.50. The highest BCUT2D eigenvalue weighted by molar-refractivity contribution is 5.97. The number of nitrogens with zero attached hydrogens (tertiary/aromatic N) is 1. The van der Waals surface area contributed by atoms with Crippen LogP contribution >= 0.6 is 0 Å². The Hall–Kier alpha value is -2.32. The molecule has 0 spiro atoms. The number of hydrogen-bond donors (Lipinski definition) is 2. The van der Waals surface area contributed by atoms with Crippen molar-refractivity contribution in [2.45, 2.75) is 71.3 Å². The van der Waals surface area contributed by atoms with Crippen LogP contribution in [-0.2, 0) is 4.74 Å². The lowest BCUT2D eigenvalue weighted by Gasteiger charge is -2.30. The lowest BCUT2D eigenvalue weighted by atomic mass is 9.92. The summed E-state index contributed by atoms with van der Waals surface area (Å²) in [7, 11) is 0. The van der Waals surface area contributed by atoms with E-state index < -0.39 is 12.7 Å². The highest BCUT2D eigenvalue weighted by Gasteiger charge is 2.24. The molecule has 0 bridgehead atoms. The number of hydrogen-bond acceptors (Lipinski definition) is 5.